The number of carbonyl (C=O) groups is 1. The lowest BCUT2D eigenvalue weighted by atomic mass is 10.2. The van der Waals surface area contributed by atoms with Gasteiger partial charge in [0.25, 0.3) is 0 Å². The van der Waals surface area contributed by atoms with Gasteiger partial charge in [-0.2, -0.15) is 0 Å². The Morgan fingerprint density at radius 3 is 2.59 bits per heavy atom. The highest BCUT2D eigenvalue weighted by atomic mass is 19.1. The predicted molar refractivity (Wildman–Crippen MR) is 101 cm³/mol. The number of para-hydroxylation sites is 1. The fourth-order valence-corrected chi connectivity index (χ4v) is 2.63. The molecule has 0 aliphatic carbocycles. The maximum absolute atomic E-state index is 13.0. The lowest BCUT2D eigenvalue weighted by Crippen LogP contribution is -2.08. The van der Waals surface area contributed by atoms with Gasteiger partial charge in [-0.1, -0.05) is 18.2 Å². The third-order valence-corrected chi connectivity index (χ3v) is 3.93. The lowest BCUT2D eigenvalue weighted by molar-refractivity contribution is 0.0735. The van der Waals surface area contributed by atoms with Gasteiger partial charge in [-0.25, -0.2) is 19.2 Å². The van der Waals surface area contributed by atoms with E-state index in [2.05, 4.69) is 15.3 Å². The topological polar surface area (TPSA) is 64.1 Å². The number of fused-ring (bicyclic) bond motifs is 1. The van der Waals surface area contributed by atoms with Crippen LogP contribution in [0.3, 0.4) is 0 Å². The van der Waals surface area contributed by atoms with E-state index in [0.29, 0.717) is 17.3 Å². The van der Waals surface area contributed by atoms with Crippen LogP contribution in [0.2, 0.25) is 0 Å². The summed E-state index contributed by atoms with van der Waals surface area (Å²) in [7, 11) is 0. The van der Waals surface area contributed by atoms with Crippen LogP contribution in [0.5, 0.6) is 5.75 Å². The molecular formula is C21H14FN3O2. The molecule has 5 nitrogen and oxygen atoms in total. The fourth-order valence-electron chi connectivity index (χ4n) is 2.63. The van der Waals surface area contributed by atoms with Crippen LogP contribution in [-0.2, 0) is 0 Å². The monoisotopic (exact) mass is 359 g/mol. The first-order chi connectivity index (χ1) is 13.2. The van der Waals surface area contributed by atoms with Crippen molar-refractivity contribution in [2.45, 2.75) is 0 Å². The SMILES string of the molecule is O=C(Oc1cccc(Nc2ncnc3ccccc23)c1)c1ccc(F)cc1. The molecule has 0 aliphatic rings. The number of ether oxygens (including phenoxy) is 1. The summed E-state index contributed by atoms with van der Waals surface area (Å²) in [6, 6.07) is 19.8. The number of benzene rings is 3. The zero-order valence-corrected chi connectivity index (χ0v) is 14.1. The molecule has 0 spiro atoms. The van der Waals surface area contributed by atoms with Gasteiger partial charge in [0.15, 0.2) is 0 Å². The minimum Gasteiger partial charge on any atom is -0.423 e. The molecule has 1 aromatic heterocycles. The molecule has 3 aromatic carbocycles. The Balaban J connectivity index is 1.55. The van der Waals surface area contributed by atoms with Gasteiger partial charge in [0, 0.05) is 17.1 Å². The molecule has 1 heterocycles. The van der Waals surface area contributed by atoms with Crippen molar-refractivity contribution in [1.29, 1.82) is 0 Å². The summed E-state index contributed by atoms with van der Waals surface area (Å²) < 4.78 is 18.3. The van der Waals surface area contributed by atoms with Gasteiger partial charge in [0.2, 0.25) is 0 Å². The highest BCUT2D eigenvalue weighted by Gasteiger charge is 2.10. The maximum atomic E-state index is 13.0. The van der Waals surface area contributed by atoms with Crippen molar-refractivity contribution in [2.24, 2.45) is 0 Å². The zero-order chi connectivity index (χ0) is 18.6. The first kappa shape index (κ1) is 16.7. The Bertz CT molecular complexity index is 1110. The van der Waals surface area contributed by atoms with Gasteiger partial charge in [0.05, 0.1) is 11.1 Å². The van der Waals surface area contributed by atoms with Gasteiger partial charge in [-0.05, 0) is 48.5 Å². The summed E-state index contributed by atoms with van der Waals surface area (Å²) >= 11 is 0. The quantitative estimate of drug-likeness (QED) is 0.421. The van der Waals surface area contributed by atoms with Crippen molar-refractivity contribution in [1.82, 2.24) is 9.97 Å². The van der Waals surface area contributed by atoms with Gasteiger partial charge in [-0.3, -0.25) is 0 Å². The van der Waals surface area contributed by atoms with E-state index in [9.17, 15) is 9.18 Å². The van der Waals surface area contributed by atoms with Crippen molar-refractivity contribution in [3.8, 4) is 5.75 Å². The number of rotatable bonds is 4. The highest BCUT2D eigenvalue weighted by Crippen LogP contribution is 2.25. The first-order valence-electron chi connectivity index (χ1n) is 8.24. The second-order valence-corrected chi connectivity index (χ2v) is 5.79. The molecule has 0 fully saturated rings. The third-order valence-electron chi connectivity index (χ3n) is 3.93. The second kappa shape index (κ2) is 7.21. The van der Waals surface area contributed by atoms with Crippen molar-refractivity contribution >= 4 is 28.4 Å². The van der Waals surface area contributed by atoms with E-state index >= 15 is 0 Å². The molecule has 0 saturated heterocycles. The molecular weight excluding hydrogens is 345 g/mol. The standard InChI is InChI=1S/C21H14FN3O2/c22-15-10-8-14(9-11-15)21(26)27-17-5-3-4-16(12-17)25-20-18-6-1-2-7-19(18)23-13-24-20/h1-13H,(H,23,24,25). The summed E-state index contributed by atoms with van der Waals surface area (Å²) in [5, 5.41) is 4.10. The Kier molecular flexibility index (Phi) is 4.45. The van der Waals surface area contributed by atoms with Crippen LogP contribution in [0.15, 0.2) is 79.1 Å². The predicted octanol–water partition coefficient (Wildman–Crippen LogP) is 4.73. The molecule has 0 unspecified atom stereocenters. The van der Waals surface area contributed by atoms with Crippen LogP contribution in [0.4, 0.5) is 15.9 Å². The van der Waals surface area contributed by atoms with E-state index in [1.807, 2.05) is 30.3 Å². The van der Waals surface area contributed by atoms with Crippen LogP contribution in [0, 0.1) is 5.82 Å². The number of nitrogens with zero attached hydrogens (tertiary/aromatic N) is 2. The average Bonchev–Trinajstić information content (AvgIpc) is 2.69. The number of nitrogens with one attached hydrogen (secondary N) is 1. The summed E-state index contributed by atoms with van der Waals surface area (Å²) in [5.74, 6) is 0.0600. The first-order valence-corrected chi connectivity index (χ1v) is 8.24. The normalized spacial score (nSPS) is 10.6. The van der Waals surface area contributed by atoms with Crippen LogP contribution >= 0.6 is 0 Å². The van der Waals surface area contributed by atoms with E-state index in [0.717, 1.165) is 10.9 Å². The van der Waals surface area contributed by atoms with E-state index in [4.69, 9.17) is 4.74 Å². The molecule has 0 aliphatic heterocycles. The number of hydrogen-bond acceptors (Lipinski definition) is 5. The Morgan fingerprint density at radius 2 is 1.74 bits per heavy atom. The Morgan fingerprint density at radius 1 is 0.926 bits per heavy atom. The molecule has 0 saturated carbocycles. The number of carbonyl (C=O) groups excluding carboxylic acids is 1. The minimum atomic E-state index is -0.556. The third kappa shape index (κ3) is 3.74. The molecule has 6 heteroatoms. The molecule has 27 heavy (non-hydrogen) atoms. The highest BCUT2D eigenvalue weighted by molar-refractivity contribution is 5.92. The van der Waals surface area contributed by atoms with Crippen LogP contribution in [0.1, 0.15) is 10.4 Å². The fraction of sp³-hybridized carbons (Fsp3) is 0. The van der Waals surface area contributed by atoms with Gasteiger partial charge in [-0.15, -0.1) is 0 Å². The van der Waals surface area contributed by atoms with Gasteiger partial charge < -0.3 is 10.1 Å². The minimum absolute atomic E-state index is 0.275. The van der Waals surface area contributed by atoms with Crippen LogP contribution in [0.25, 0.3) is 10.9 Å². The van der Waals surface area contributed by atoms with Crippen LogP contribution < -0.4 is 10.1 Å². The summed E-state index contributed by atoms with van der Waals surface area (Å²) in [5.41, 5.74) is 1.81. The largest absolute Gasteiger partial charge is 0.423 e. The van der Waals surface area contributed by atoms with Gasteiger partial charge >= 0.3 is 5.97 Å². The molecule has 0 atom stereocenters. The number of esters is 1. The second-order valence-electron chi connectivity index (χ2n) is 5.79. The Labute approximate surface area is 154 Å². The Hall–Kier alpha value is -3.80. The number of halogens is 1. The molecule has 1 N–H and O–H groups in total. The van der Waals surface area contributed by atoms with Crippen molar-refractivity contribution in [2.75, 3.05) is 5.32 Å². The summed E-state index contributed by atoms with van der Waals surface area (Å²) in [6.07, 6.45) is 1.49. The van der Waals surface area contributed by atoms with Crippen LogP contribution in [-0.4, -0.2) is 15.9 Å². The number of hydrogen-bond donors (Lipinski definition) is 1. The van der Waals surface area contributed by atoms with Gasteiger partial charge in [0.1, 0.15) is 23.7 Å². The molecule has 4 aromatic rings. The molecule has 132 valence electrons. The molecule has 0 bridgehead atoms. The molecule has 0 radical (unpaired) electrons. The van der Waals surface area contributed by atoms with E-state index in [1.165, 1.54) is 30.6 Å². The molecule has 4 rings (SSSR count). The van der Waals surface area contributed by atoms with Crippen molar-refractivity contribution in [3.63, 3.8) is 0 Å². The lowest BCUT2D eigenvalue weighted by Gasteiger charge is -2.10. The maximum Gasteiger partial charge on any atom is 0.343 e. The summed E-state index contributed by atoms with van der Waals surface area (Å²) in [6.45, 7) is 0. The zero-order valence-electron chi connectivity index (χ0n) is 14.1. The van der Waals surface area contributed by atoms with Crippen molar-refractivity contribution in [3.05, 3.63) is 90.5 Å². The van der Waals surface area contributed by atoms with E-state index in [-0.39, 0.29) is 5.56 Å². The molecule has 0 amide bonds. The average molecular weight is 359 g/mol. The van der Waals surface area contributed by atoms with Crippen molar-refractivity contribution < 1.29 is 13.9 Å². The number of anilines is 2. The van der Waals surface area contributed by atoms with E-state index < -0.39 is 11.8 Å². The smallest absolute Gasteiger partial charge is 0.343 e. The summed E-state index contributed by atoms with van der Waals surface area (Å²) in [4.78, 5) is 20.7. The number of aromatic nitrogens is 2. The van der Waals surface area contributed by atoms with E-state index in [1.54, 1.807) is 18.2 Å².